The van der Waals surface area contributed by atoms with Crippen LogP contribution in [0, 0.1) is 0 Å². The van der Waals surface area contributed by atoms with Crippen LogP contribution in [0.4, 0.5) is 0 Å². The van der Waals surface area contributed by atoms with Crippen molar-refractivity contribution in [2.75, 3.05) is 0 Å². The van der Waals surface area contributed by atoms with Crippen molar-refractivity contribution in [2.24, 2.45) is 0 Å². The highest BCUT2D eigenvalue weighted by atomic mass is 79.9. The van der Waals surface area contributed by atoms with Gasteiger partial charge in [0, 0.05) is 15.1 Å². The van der Waals surface area contributed by atoms with E-state index in [0.717, 1.165) is 15.8 Å². The van der Waals surface area contributed by atoms with Gasteiger partial charge in [0.05, 0.1) is 0 Å². The van der Waals surface area contributed by atoms with Crippen molar-refractivity contribution in [1.29, 1.82) is 0 Å². The lowest BCUT2D eigenvalue weighted by atomic mass is 10.2. The minimum Gasteiger partial charge on any atom is -0.489 e. The van der Waals surface area contributed by atoms with E-state index >= 15 is 0 Å². The van der Waals surface area contributed by atoms with Crippen molar-refractivity contribution >= 4 is 27.5 Å². The Morgan fingerprint density at radius 1 is 1.06 bits per heavy atom. The lowest BCUT2D eigenvalue weighted by molar-refractivity contribution is 0.305. The van der Waals surface area contributed by atoms with Gasteiger partial charge in [0.25, 0.3) is 0 Å². The van der Waals surface area contributed by atoms with Crippen molar-refractivity contribution in [3.8, 4) is 5.75 Å². The largest absolute Gasteiger partial charge is 0.489 e. The first-order valence-corrected chi connectivity index (χ1v) is 6.04. The fraction of sp³-hybridized carbons (Fsp3) is 0.0769. The summed E-state index contributed by atoms with van der Waals surface area (Å²) in [5.41, 5.74) is 1.11. The predicted molar refractivity (Wildman–Crippen MR) is 69.9 cm³/mol. The van der Waals surface area contributed by atoms with Crippen molar-refractivity contribution < 1.29 is 4.74 Å². The number of ether oxygens (including phenoxy) is 1. The van der Waals surface area contributed by atoms with Crippen LogP contribution in [-0.4, -0.2) is 0 Å². The van der Waals surface area contributed by atoms with Gasteiger partial charge in [-0.25, -0.2) is 0 Å². The second-order valence-electron chi connectivity index (χ2n) is 3.34. The van der Waals surface area contributed by atoms with Crippen LogP contribution in [0.15, 0.2) is 53.0 Å². The third-order valence-electron chi connectivity index (χ3n) is 2.15. The molecule has 0 N–H and O–H groups in total. The van der Waals surface area contributed by atoms with E-state index in [4.69, 9.17) is 16.3 Å². The lowest BCUT2D eigenvalue weighted by Gasteiger charge is -2.07. The topological polar surface area (TPSA) is 9.23 Å². The fourth-order valence-electron chi connectivity index (χ4n) is 1.33. The van der Waals surface area contributed by atoms with Gasteiger partial charge in [-0.15, -0.1) is 0 Å². The first-order chi connectivity index (χ1) is 7.75. The molecule has 0 aromatic heterocycles. The molecule has 0 saturated carbocycles. The Morgan fingerprint density at radius 3 is 2.62 bits per heavy atom. The molecule has 2 aromatic rings. The summed E-state index contributed by atoms with van der Waals surface area (Å²) in [6, 6.07) is 15.4. The van der Waals surface area contributed by atoms with Crippen LogP contribution in [0.1, 0.15) is 5.56 Å². The summed E-state index contributed by atoms with van der Waals surface area (Å²) in [7, 11) is 0. The highest BCUT2D eigenvalue weighted by Crippen LogP contribution is 2.21. The molecule has 0 saturated heterocycles. The van der Waals surface area contributed by atoms with Crippen LogP contribution < -0.4 is 4.74 Å². The van der Waals surface area contributed by atoms with Gasteiger partial charge in [-0.05, 0) is 24.3 Å². The highest BCUT2D eigenvalue weighted by Gasteiger charge is 2.00. The van der Waals surface area contributed by atoms with Crippen molar-refractivity contribution in [3.05, 3.63) is 63.6 Å². The molecule has 0 radical (unpaired) electrons. The zero-order valence-electron chi connectivity index (χ0n) is 8.49. The van der Waals surface area contributed by atoms with Gasteiger partial charge in [0.2, 0.25) is 0 Å². The maximum absolute atomic E-state index is 5.87. The molecule has 2 rings (SSSR count). The van der Waals surface area contributed by atoms with Gasteiger partial charge >= 0.3 is 0 Å². The summed E-state index contributed by atoms with van der Waals surface area (Å²) >= 11 is 9.35. The zero-order valence-corrected chi connectivity index (χ0v) is 10.8. The molecular formula is C13H10BrClO. The van der Waals surface area contributed by atoms with E-state index in [1.807, 2.05) is 42.5 Å². The van der Waals surface area contributed by atoms with Gasteiger partial charge in [-0.2, -0.15) is 0 Å². The van der Waals surface area contributed by atoms with E-state index in [2.05, 4.69) is 15.9 Å². The molecule has 0 bridgehead atoms. The summed E-state index contributed by atoms with van der Waals surface area (Å²) in [6.07, 6.45) is 0. The van der Waals surface area contributed by atoms with Gasteiger partial charge in [-0.1, -0.05) is 51.8 Å². The smallest absolute Gasteiger partial charge is 0.121 e. The molecule has 0 atom stereocenters. The average Bonchev–Trinajstić information content (AvgIpc) is 2.28. The Labute approximate surface area is 108 Å². The standard InChI is InChI=1S/C13H10BrClO/c14-13-7-2-1-4-10(13)9-16-12-6-3-5-11(15)8-12/h1-8H,9H2. The Bertz CT molecular complexity index is 485. The van der Waals surface area contributed by atoms with Crippen LogP contribution in [0.3, 0.4) is 0 Å². The van der Waals surface area contributed by atoms with Crippen molar-refractivity contribution in [3.63, 3.8) is 0 Å². The van der Waals surface area contributed by atoms with E-state index in [9.17, 15) is 0 Å². The number of benzene rings is 2. The molecule has 16 heavy (non-hydrogen) atoms. The third kappa shape index (κ3) is 3.00. The predicted octanol–water partition coefficient (Wildman–Crippen LogP) is 4.68. The summed E-state index contributed by atoms with van der Waals surface area (Å²) in [5.74, 6) is 0.781. The molecular weight excluding hydrogens is 287 g/mol. The molecule has 0 aliphatic heterocycles. The second-order valence-corrected chi connectivity index (χ2v) is 4.63. The minimum atomic E-state index is 0.530. The first kappa shape index (κ1) is 11.5. The summed E-state index contributed by atoms with van der Waals surface area (Å²) < 4.78 is 6.69. The summed E-state index contributed by atoms with van der Waals surface area (Å²) in [5, 5.41) is 0.685. The molecule has 0 aliphatic carbocycles. The Morgan fingerprint density at radius 2 is 1.88 bits per heavy atom. The Hall–Kier alpha value is -0.990. The monoisotopic (exact) mass is 296 g/mol. The quantitative estimate of drug-likeness (QED) is 0.799. The number of halogens is 2. The molecule has 0 unspecified atom stereocenters. The second kappa shape index (κ2) is 5.37. The van der Waals surface area contributed by atoms with E-state index in [1.54, 1.807) is 6.07 Å². The summed E-state index contributed by atoms with van der Waals surface area (Å²) in [6.45, 7) is 0.530. The van der Waals surface area contributed by atoms with Crippen LogP contribution in [0.5, 0.6) is 5.75 Å². The van der Waals surface area contributed by atoms with Gasteiger partial charge < -0.3 is 4.74 Å². The zero-order chi connectivity index (χ0) is 11.4. The Kier molecular flexibility index (Phi) is 3.86. The molecule has 0 fully saturated rings. The maximum atomic E-state index is 5.87. The number of hydrogen-bond acceptors (Lipinski definition) is 1. The van der Waals surface area contributed by atoms with Crippen LogP contribution >= 0.6 is 27.5 Å². The molecule has 0 amide bonds. The Balaban J connectivity index is 2.05. The van der Waals surface area contributed by atoms with Crippen LogP contribution in [0.2, 0.25) is 5.02 Å². The van der Waals surface area contributed by atoms with E-state index < -0.39 is 0 Å². The third-order valence-corrected chi connectivity index (χ3v) is 3.16. The molecule has 82 valence electrons. The molecule has 1 nitrogen and oxygen atoms in total. The van der Waals surface area contributed by atoms with E-state index in [1.165, 1.54) is 0 Å². The van der Waals surface area contributed by atoms with Crippen molar-refractivity contribution in [1.82, 2.24) is 0 Å². The molecule has 0 spiro atoms. The molecule has 0 heterocycles. The summed E-state index contributed by atoms with van der Waals surface area (Å²) in [4.78, 5) is 0. The fourth-order valence-corrected chi connectivity index (χ4v) is 1.91. The van der Waals surface area contributed by atoms with Crippen molar-refractivity contribution in [2.45, 2.75) is 6.61 Å². The van der Waals surface area contributed by atoms with E-state index in [0.29, 0.717) is 11.6 Å². The average molecular weight is 298 g/mol. The van der Waals surface area contributed by atoms with Crippen LogP contribution in [-0.2, 0) is 6.61 Å². The lowest BCUT2D eigenvalue weighted by Crippen LogP contribution is -1.95. The van der Waals surface area contributed by atoms with Gasteiger partial charge in [0.15, 0.2) is 0 Å². The first-order valence-electron chi connectivity index (χ1n) is 4.87. The minimum absolute atomic E-state index is 0.530. The molecule has 3 heteroatoms. The SMILES string of the molecule is Clc1cccc(OCc2ccccc2Br)c1. The van der Waals surface area contributed by atoms with Crippen LogP contribution in [0.25, 0.3) is 0 Å². The maximum Gasteiger partial charge on any atom is 0.121 e. The highest BCUT2D eigenvalue weighted by molar-refractivity contribution is 9.10. The molecule has 2 aromatic carbocycles. The number of rotatable bonds is 3. The molecule has 0 aliphatic rings. The normalized spacial score (nSPS) is 10.1. The van der Waals surface area contributed by atoms with Gasteiger partial charge in [-0.3, -0.25) is 0 Å². The number of hydrogen-bond donors (Lipinski definition) is 0. The van der Waals surface area contributed by atoms with Gasteiger partial charge in [0.1, 0.15) is 12.4 Å². The van der Waals surface area contributed by atoms with E-state index in [-0.39, 0.29) is 0 Å².